The Balaban J connectivity index is 2.25. The van der Waals surface area contributed by atoms with Gasteiger partial charge in [0, 0.05) is 17.4 Å². The topological polar surface area (TPSA) is 50.9 Å². The van der Waals surface area contributed by atoms with Gasteiger partial charge in [0.2, 0.25) is 0 Å². The average molecular weight is 326 g/mol. The zero-order valence-corrected chi connectivity index (χ0v) is 11.6. The van der Waals surface area contributed by atoms with E-state index in [0.29, 0.717) is 15.3 Å². The summed E-state index contributed by atoms with van der Waals surface area (Å²) >= 11 is 8.01. The lowest BCUT2D eigenvalue weighted by Gasteiger charge is -2.07. The van der Waals surface area contributed by atoms with Crippen LogP contribution in [0.5, 0.6) is 0 Å². The summed E-state index contributed by atoms with van der Waals surface area (Å²) in [6.45, 7) is 0. The summed E-state index contributed by atoms with van der Waals surface area (Å²) in [5.41, 5.74) is 6.98. The highest BCUT2D eigenvalue weighted by Crippen LogP contribution is 2.22. The largest absolute Gasteiger partial charge is 0.389 e. The molecule has 1 aromatic heterocycles. The summed E-state index contributed by atoms with van der Waals surface area (Å²) < 4.78 is 13.5. The van der Waals surface area contributed by atoms with Crippen molar-refractivity contribution in [1.29, 1.82) is 0 Å². The Morgan fingerprint density at radius 2 is 2.11 bits per heavy atom. The Kier molecular flexibility index (Phi) is 3.88. The molecule has 2 aromatic rings. The Labute approximate surface area is 117 Å². The predicted molar refractivity (Wildman–Crippen MR) is 77.5 cm³/mol. The minimum atomic E-state index is -0.314. The quantitative estimate of drug-likeness (QED) is 0.849. The van der Waals surface area contributed by atoms with Crippen molar-refractivity contribution in [2.45, 2.75) is 0 Å². The predicted octanol–water partition coefficient (Wildman–Crippen LogP) is 3.36. The van der Waals surface area contributed by atoms with Gasteiger partial charge in [0.15, 0.2) is 0 Å². The first-order chi connectivity index (χ1) is 8.56. The molecule has 0 aliphatic carbocycles. The molecule has 0 aliphatic rings. The van der Waals surface area contributed by atoms with Crippen molar-refractivity contribution >= 4 is 44.6 Å². The van der Waals surface area contributed by atoms with E-state index in [1.54, 1.807) is 30.5 Å². The van der Waals surface area contributed by atoms with Gasteiger partial charge in [-0.1, -0.05) is 12.2 Å². The Bertz CT molecular complexity index is 604. The van der Waals surface area contributed by atoms with E-state index < -0.39 is 0 Å². The molecule has 0 amide bonds. The van der Waals surface area contributed by atoms with Crippen LogP contribution in [0.1, 0.15) is 5.56 Å². The third-order valence-corrected chi connectivity index (χ3v) is 3.08. The third kappa shape index (κ3) is 3.02. The first-order valence-electron chi connectivity index (χ1n) is 5.04. The molecule has 2 rings (SSSR count). The van der Waals surface area contributed by atoms with Crippen LogP contribution in [-0.2, 0) is 0 Å². The minimum absolute atomic E-state index is 0.306. The van der Waals surface area contributed by atoms with Gasteiger partial charge in [-0.2, -0.15) is 0 Å². The first-order valence-corrected chi connectivity index (χ1v) is 6.24. The van der Waals surface area contributed by atoms with E-state index in [1.165, 1.54) is 6.07 Å². The van der Waals surface area contributed by atoms with E-state index in [0.717, 1.165) is 11.3 Å². The molecule has 0 spiro atoms. The SMILES string of the molecule is NC(=S)c1ccnc(Nc2ccc(F)c(Br)c2)c1. The van der Waals surface area contributed by atoms with Gasteiger partial charge in [-0.15, -0.1) is 0 Å². The van der Waals surface area contributed by atoms with Gasteiger partial charge in [-0.25, -0.2) is 9.37 Å². The summed E-state index contributed by atoms with van der Waals surface area (Å²) in [5, 5.41) is 3.04. The number of nitrogens with zero attached hydrogens (tertiary/aromatic N) is 1. The smallest absolute Gasteiger partial charge is 0.137 e. The third-order valence-electron chi connectivity index (χ3n) is 2.24. The number of hydrogen-bond acceptors (Lipinski definition) is 3. The highest BCUT2D eigenvalue weighted by Gasteiger charge is 2.03. The second-order valence-corrected chi connectivity index (χ2v) is 4.84. The van der Waals surface area contributed by atoms with Gasteiger partial charge < -0.3 is 11.1 Å². The van der Waals surface area contributed by atoms with Gasteiger partial charge in [-0.3, -0.25) is 0 Å². The van der Waals surface area contributed by atoms with Crippen molar-refractivity contribution in [3.63, 3.8) is 0 Å². The van der Waals surface area contributed by atoms with E-state index in [4.69, 9.17) is 18.0 Å². The maximum Gasteiger partial charge on any atom is 0.137 e. The lowest BCUT2D eigenvalue weighted by molar-refractivity contribution is 0.621. The maximum absolute atomic E-state index is 13.1. The summed E-state index contributed by atoms with van der Waals surface area (Å²) in [4.78, 5) is 4.44. The number of benzene rings is 1. The molecule has 3 N–H and O–H groups in total. The van der Waals surface area contributed by atoms with E-state index in [2.05, 4.69) is 26.2 Å². The fourth-order valence-electron chi connectivity index (χ4n) is 1.37. The number of aromatic nitrogens is 1. The molecule has 0 fully saturated rings. The molecule has 0 bridgehead atoms. The van der Waals surface area contributed by atoms with Crippen molar-refractivity contribution in [2.75, 3.05) is 5.32 Å². The van der Waals surface area contributed by atoms with Crippen molar-refractivity contribution in [3.05, 3.63) is 52.4 Å². The maximum atomic E-state index is 13.1. The molecule has 0 aliphatic heterocycles. The molecule has 6 heteroatoms. The molecule has 3 nitrogen and oxygen atoms in total. The highest BCUT2D eigenvalue weighted by atomic mass is 79.9. The summed E-state index contributed by atoms with van der Waals surface area (Å²) in [6.07, 6.45) is 1.61. The summed E-state index contributed by atoms with van der Waals surface area (Å²) in [7, 11) is 0. The van der Waals surface area contributed by atoms with E-state index in [-0.39, 0.29) is 5.82 Å². The number of rotatable bonds is 3. The van der Waals surface area contributed by atoms with Crippen molar-refractivity contribution in [3.8, 4) is 0 Å². The molecule has 0 radical (unpaired) electrons. The zero-order valence-electron chi connectivity index (χ0n) is 9.15. The molecule has 0 saturated carbocycles. The zero-order chi connectivity index (χ0) is 13.1. The van der Waals surface area contributed by atoms with Gasteiger partial charge in [0.05, 0.1) is 4.47 Å². The van der Waals surface area contributed by atoms with Crippen LogP contribution in [0.4, 0.5) is 15.9 Å². The monoisotopic (exact) mass is 325 g/mol. The minimum Gasteiger partial charge on any atom is -0.389 e. The summed E-state index contributed by atoms with van der Waals surface area (Å²) in [5.74, 6) is 0.282. The molecule has 92 valence electrons. The molecule has 0 atom stereocenters. The first kappa shape index (κ1) is 12.9. The van der Waals surface area contributed by atoms with Gasteiger partial charge in [0.1, 0.15) is 16.6 Å². The highest BCUT2D eigenvalue weighted by molar-refractivity contribution is 9.10. The number of anilines is 2. The van der Waals surface area contributed by atoms with E-state index >= 15 is 0 Å². The Morgan fingerprint density at radius 1 is 1.33 bits per heavy atom. The van der Waals surface area contributed by atoms with Crippen molar-refractivity contribution < 1.29 is 4.39 Å². The molecule has 1 aromatic carbocycles. The van der Waals surface area contributed by atoms with Gasteiger partial charge in [-0.05, 0) is 46.3 Å². The van der Waals surface area contributed by atoms with Crippen molar-refractivity contribution in [1.82, 2.24) is 4.98 Å². The fraction of sp³-hybridized carbons (Fsp3) is 0. The molecule has 0 unspecified atom stereocenters. The number of pyridine rings is 1. The Morgan fingerprint density at radius 3 is 2.78 bits per heavy atom. The molecule has 1 heterocycles. The standard InChI is InChI=1S/C12H9BrFN3S/c13-9-6-8(1-2-10(9)14)17-11-5-7(12(15)18)3-4-16-11/h1-6H,(H2,15,18)(H,16,17). The number of thiocarbonyl (C=S) groups is 1. The van der Waals surface area contributed by atoms with Crippen LogP contribution < -0.4 is 11.1 Å². The van der Waals surface area contributed by atoms with Crippen LogP contribution in [-0.4, -0.2) is 9.97 Å². The van der Waals surface area contributed by atoms with Crippen LogP contribution in [0, 0.1) is 5.82 Å². The van der Waals surface area contributed by atoms with E-state index in [1.807, 2.05) is 0 Å². The van der Waals surface area contributed by atoms with E-state index in [9.17, 15) is 4.39 Å². The van der Waals surface area contributed by atoms with Crippen LogP contribution in [0.25, 0.3) is 0 Å². The summed E-state index contributed by atoms with van der Waals surface area (Å²) in [6, 6.07) is 8.08. The van der Waals surface area contributed by atoms with Crippen molar-refractivity contribution in [2.24, 2.45) is 5.73 Å². The van der Waals surface area contributed by atoms with Gasteiger partial charge >= 0.3 is 0 Å². The molecule has 18 heavy (non-hydrogen) atoms. The Hall–Kier alpha value is -1.53. The fourth-order valence-corrected chi connectivity index (χ4v) is 1.88. The second-order valence-electron chi connectivity index (χ2n) is 3.55. The number of halogens is 2. The number of hydrogen-bond donors (Lipinski definition) is 2. The van der Waals surface area contributed by atoms with Crippen LogP contribution in [0.2, 0.25) is 0 Å². The van der Waals surface area contributed by atoms with Crippen LogP contribution in [0.15, 0.2) is 41.0 Å². The number of nitrogens with two attached hydrogens (primary N) is 1. The molecular formula is C12H9BrFN3S. The van der Waals surface area contributed by atoms with Crippen LogP contribution in [0.3, 0.4) is 0 Å². The molecule has 0 saturated heterocycles. The average Bonchev–Trinajstić information content (AvgIpc) is 2.34. The lowest BCUT2D eigenvalue weighted by Crippen LogP contribution is -2.09. The van der Waals surface area contributed by atoms with Crippen LogP contribution >= 0.6 is 28.1 Å². The normalized spacial score (nSPS) is 10.1. The lowest BCUT2D eigenvalue weighted by atomic mass is 10.2. The number of nitrogens with one attached hydrogen (secondary N) is 1. The second kappa shape index (κ2) is 5.41. The van der Waals surface area contributed by atoms with Gasteiger partial charge in [0.25, 0.3) is 0 Å². The molecular weight excluding hydrogens is 317 g/mol.